The van der Waals surface area contributed by atoms with Crippen LogP contribution in [0.1, 0.15) is 36.4 Å². The number of quaternary nitrogens is 1. The molecule has 0 radical (unpaired) electrons. The van der Waals surface area contributed by atoms with Crippen LogP contribution < -0.4 is 4.90 Å². The first-order valence-electron chi connectivity index (χ1n) is 6.90. The van der Waals surface area contributed by atoms with Crippen molar-refractivity contribution in [1.29, 1.82) is 5.26 Å². The standard InChI is InChI=1S/C14H20N4S/c1-3-18-6-4-5-13(18)9-16-8-12(7-15)14-17-11(2)10-19-14/h8,10,12-13H,3-6,9H2,1-2H3/p+1/t12?,13-/m0/s1. The van der Waals surface area contributed by atoms with E-state index in [0.717, 1.165) is 17.2 Å². The monoisotopic (exact) mass is 277 g/mol. The minimum Gasteiger partial charge on any atom is -0.331 e. The first kappa shape index (κ1) is 14.2. The number of rotatable bonds is 5. The van der Waals surface area contributed by atoms with Crippen molar-refractivity contribution in [3.8, 4) is 6.07 Å². The molecule has 0 bridgehead atoms. The molecule has 1 aliphatic rings. The molecule has 5 heteroatoms. The molecule has 1 aliphatic heterocycles. The van der Waals surface area contributed by atoms with Crippen LogP contribution in [0.15, 0.2) is 10.4 Å². The minimum atomic E-state index is -0.287. The number of likely N-dealkylation sites (N-methyl/N-ethyl adjacent to an activating group) is 1. The molecule has 1 fully saturated rings. The zero-order valence-corrected chi connectivity index (χ0v) is 12.4. The van der Waals surface area contributed by atoms with Crippen LogP contribution in [-0.4, -0.2) is 36.9 Å². The highest BCUT2D eigenvalue weighted by molar-refractivity contribution is 7.09. The van der Waals surface area contributed by atoms with Crippen LogP contribution in [-0.2, 0) is 0 Å². The average Bonchev–Trinajstić information content (AvgIpc) is 3.03. The predicted octanol–water partition coefficient (Wildman–Crippen LogP) is 1.20. The fourth-order valence-corrected chi connectivity index (χ4v) is 3.43. The van der Waals surface area contributed by atoms with Gasteiger partial charge in [0.05, 0.1) is 25.7 Å². The molecule has 0 saturated carbocycles. The van der Waals surface area contributed by atoms with Crippen molar-refractivity contribution in [2.75, 3.05) is 19.6 Å². The molecule has 19 heavy (non-hydrogen) atoms. The topological polar surface area (TPSA) is 53.5 Å². The summed E-state index contributed by atoms with van der Waals surface area (Å²) in [5, 5.41) is 12.0. The van der Waals surface area contributed by atoms with Gasteiger partial charge in [0.1, 0.15) is 17.0 Å². The number of nitrogens with one attached hydrogen (secondary N) is 1. The van der Waals surface area contributed by atoms with Crippen LogP contribution in [0.5, 0.6) is 0 Å². The predicted molar refractivity (Wildman–Crippen MR) is 78.0 cm³/mol. The van der Waals surface area contributed by atoms with Gasteiger partial charge in [-0.25, -0.2) is 4.98 Å². The molecule has 0 spiro atoms. The fraction of sp³-hybridized carbons (Fsp3) is 0.643. The highest BCUT2D eigenvalue weighted by Crippen LogP contribution is 2.18. The average molecular weight is 277 g/mol. The summed E-state index contributed by atoms with van der Waals surface area (Å²) >= 11 is 1.54. The summed E-state index contributed by atoms with van der Waals surface area (Å²) in [5.74, 6) is -0.287. The highest BCUT2D eigenvalue weighted by Gasteiger charge is 2.26. The molecule has 102 valence electrons. The van der Waals surface area contributed by atoms with Gasteiger partial charge in [-0.2, -0.15) is 5.26 Å². The van der Waals surface area contributed by atoms with Crippen molar-refractivity contribution in [3.05, 3.63) is 16.1 Å². The van der Waals surface area contributed by atoms with Crippen LogP contribution in [0, 0.1) is 18.3 Å². The second kappa shape index (κ2) is 6.78. The lowest BCUT2D eigenvalue weighted by Gasteiger charge is -2.17. The normalized spacial score (nSPS) is 24.7. The number of hydrogen-bond acceptors (Lipinski definition) is 4. The summed E-state index contributed by atoms with van der Waals surface area (Å²) in [7, 11) is 0. The Morgan fingerprint density at radius 1 is 1.74 bits per heavy atom. The molecule has 3 atom stereocenters. The van der Waals surface area contributed by atoms with Crippen LogP contribution in [0.25, 0.3) is 0 Å². The van der Waals surface area contributed by atoms with Gasteiger partial charge in [-0.15, -0.1) is 11.3 Å². The van der Waals surface area contributed by atoms with E-state index in [1.807, 2.05) is 12.3 Å². The zero-order chi connectivity index (χ0) is 13.7. The molecule has 0 aliphatic carbocycles. The van der Waals surface area contributed by atoms with E-state index >= 15 is 0 Å². The molecule has 2 rings (SSSR count). The summed E-state index contributed by atoms with van der Waals surface area (Å²) in [6.45, 7) is 7.46. The summed E-state index contributed by atoms with van der Waals surface area (Å²) in [5.41, 5.74) is 0.978. The van der Waals surface area contributed by atoms with Gasteiger partial charge in [0.25, 0.3) is 0 Å². The molecule has 1 N–H and O–H groups in total. The third kappa shape index (κ3) is 3.62. The van der Waals surface area contributed by atoms with Gasteiger partial charge in [0.2, 0.25) is 0 Å². The Morgan fingerprint density at radius 3 is 3.21 bits per heavy atom. The molecule has 1 aromatic rings. The largest absolute Gasteiger partial charge is 0.331 e. The first-order valence-corrected chi connectivity index (χ1v) is 7.78. The van der Waals surface area contributed by atoms with Crippen LogP contribution in [0.4, 0.5) is 0 Å². The van der Waals surface area contributed by atoms with E-state index in [4.69, 9.17) is 0 Å². The van der Waals surface area contributed by atoms with E-state index in [9.17, 15) is 5.26 Å². The van der Waals surface area contributed by atoms with Gasteiger partial charge < -0.3 is 4.90 Å². The van der Waals surface area contributed by atoms with Crippen molar-refractivity contribution in [2.45, 2.75) is 38.6 Å². The van der Waals surface area contributed by atoms with Crippen LogP contribution in [0.2, 0.25) is 0 Å². The van der Waals surface area contributed by atoms with Crippen LogP contribution >= 0.6 is 11.3 Å². The number of aryl methyl sites for hydroxylation is 1. The molecule has 2 heterocycles. The lowest BCUT2D eigenvalue weighted by atomic mass is 10.2. The SMILES string of the molecule is CC[NH+]1CCC[C@H]1CN=CC(C#N)c1nc(C)cs1. The van der Waals surface area contributed by atoms with Gasteiger partial charge in [0.15, 0.2) is 0 Å². The van der Waals surface area contributed by atoms with Gasteiger partial charge >= 0.3 is 0 Å². The molecule has 1 saturated heterocycles. The first-order chi connectivity index (χ1) is 9.24. The number of aromatic nitrogens is 1. The van der Waals surface area contributed by atoms with Crippen molar-refractivity contribution < 1.29 is 4.90 Å². The Morgan fingerprint density at radius 2 is 2.58 bits per heavy atom. The van der Waals surface area contributed by atoms with Gasteiger partial charge in [-0.3, -0.25) is 4.99 Å². The van der Waals surface area contributed by atoms with E-state index in [1.165, 1.54) is 37.3 Å². The number of likely N-dealkylation sites (tertiary alicyclic amines) is 1. The quantitative estimate of drug-likeness (QED) is 0.822. The Labute approximate surface area is 118 Å². The molecule has 0 amide bonds. The summed E-state index contributed by atoms with van der Waals surface area (Å²) in [6.07, 6.45) is 4.34. The number of hydrogen-bond donors (Lipinski definition) is 1. The minimum absolute atomic E-state index is 0.287. The summed E-state index contributed by atoms with van der Waals surface area (Å²) < 4.78 is 0. The smallest absolute Gasteiger partial charge is 0.133 e. The molecular weight excluding hydrogens is 256 g/mol. The van der Waals surface area contributed by atoms with E-state index in [0.29, 0.717) is 6.04 Å². The third-order valence-corrected chi connectivity index (χ3v) is 4.75. The van der Waals surface area contributed by atoms with Crippen molar-refractivity contribution in [1.82, 2.24) is 4.98 Å². The third-order valence-electron chi connectivity index (χ3n) is 3.70. The van der Waals surface area contributed by atoms with Gasteiger partial charge in [-0.05, 0) is 13.8 Å². The highest BCUT2D eigenvalue weighted by atomic mass is 32.1. The molecule has 0 aromatic carbocycles. The lowest BCUT2D eigenvalue weighted by molar-refractivity contribution is -0.908. The summed E-state index contributed by atoms with van der Waals surface area (Å²) in [4.78, 5) is 10.5. The number of aliphatic imine (C=N–C) groups is 1. The number of thiazole rings is 1. The molecule has 2 unspecified atom stereocenters. The summed E-state index contributed by atoms with van der Waals surface area (Å²) in [6, 6.07) is 2.91. The molecule has 4 nitrogen and oxygen atoms in total. The maximum atomic E-state index is 9.20. The Kier molecular flexibility index (Phi) is 5.06. The second-order valence-electron chi connectivity index (χ2n) is 5.05. The van der Waals surface area contributed by atoms with Crippen molar-refractivity contribution >= 4 is 17.6 Å². The van der Waals surface area contributed by atoms with Crippen molar-refractivity contribution in [2.24, 2.45) is 4.99 Å². The van der Waals surface area contributed by atoms with E-state index in [2.05, 4.69) is 23.0 Å². The Bertz CT molecular complexity index is 474. The van der Waals surface area contributed by atoms with Gasteiger partial charge in [-0.1, -0.05) is 0 Å². The van der Waals surface area contributed by atoms with Crippen molar-refractivity contribution in [3.63, 3.8) is 0 Å². The zero-order valence-electron chi connectivity index (χ0n) is 11.6. The van der Waals surface area contributed by atoms with E-state index in [-0.39, 0.29) is 5.92 Å². The number of nitriles is 1. The van der Waals surface area contributed by atoms with Gasteiger partial charge in [0, 0.05) is 30.1 Å². The Hall–Kier alpha value is -1.25. The fourth-order valence-electron chi connectivity index (χ4n) is 2.63. The molecule has 1 aromatic heterocycles. The second-order valence-corrected chi connectivity index (χ2v) is 5.94. The lowest BCUT2D eigenvalue weighted by Crippen LogP contribution is -3.13. The van der Waals surface area contributed by atoms with E-state index in [1.54, 1.807) is 11.1 Å². The maximum absolute atomic E-state index is 9.20. The Balaban J connectivity index is 1.92. The number of nitrogens with zero attached hydrogens (tertiary/aromatic N) is 3. The van der Waals surface area contributed by atoms with E-state index < -0.39 is 0 Å². The molecular formula is C14H21N4S+. The maximum Gasteiger partial charge on any atom is 0.133 e. The van der Waals surface area contributed by atoms with Crippen LogP contribution in [0.3, 0.4) is 0 Å².